The van der Waals surface area contributed by atoms with Crippen LogP contribution in [0.5, 0.6) is 0 Å². The molecule has 0 amide bonds. The fourth-order valence-electron chi connectivity index (χ4n) is 8.48. The molecule has 3 heteroatoms. The number of para-hydroxylation sites is 3. The molecule has 0 aliphatic carbocycles. The second-order valence-corrected chi connectivity index (χ2v) is 14.2. The first-order valence-corrected chi connectivity index (χ1v) is 18.7. The van der Waals surface area contributed by atoms with E-state index in [0.29, 0.717) is 5.82 Å². The van der Waals surface area contributed by atoms with Crippen LogP contribution in [0.4, 0.5) is 0 Å². The topological polar surface area (TPSA) is 30.7 Å². The van der Waals surface area contributed by atoms with Crippen LogP contribution in [0.3, 0.4) is 0 Å². The maximum Gasteiger partial charge on any atom is 0.160 e. The molecule has 55 heavy (non-hydrogen) atoms. The summed E-state index contributed by atoms with van der Waals surface area (Å²) in [7, 11) is 0. The number of fused-ring (bicyclic) bond motifs is 7. The maximum atomic E-state index is 5.30. The van der Waals surface area contributed by atoms with E-state index >= 15 is 0 Å². The Labute approximate surface area is 318 Å². The lowest BCUT2D eigenvalue weighted by Gasteiger charge is -2.16. The van der Waals surface area contributed by atoms with Crippen LogP contribution in [-0.2, 0) is 0 Å². The molecule has 0 atom stereocenters. The normalized spacial score (nSPS) is 11.6. The summed E-state index contributed by atoms with van der Waals surface area (Å²) in [4.78, 5) is 10.6. The van der Waals surface area contributed by atoms with E-state index in [0.717, 1.165) is 50.4 Å². The average molecular weight is 700 g/mol. The van der Waals surface area contributed by atoms with E-state index in [2.05, 4.69) is 187 Å². The van der Waals surface area contributed by atoms with Crippen molar-refractivity contribution in [3.63, 3.8) is 0 Å². The summed E-state index contributed by atoms with van der Waals surface area (Å²) in [6, 6.07) is 71.5. The minimum Gasteiger partial charge on any atom is -0.309 e. The maximum absolute atomic E-state index is 5.30. The lowest BCUT2D eigenvalue weighted by molar-refractivity contribution is 1.15. The molecule has 11 aromatic rings. The van der Waals surface area contributed by atoms with Crippen LogP contribution in [0.1, 0.15) is 0 Å². The van der Waals surface area contributed by atoms with Gasteiger partial charge < -0.3 is 4.57 Å². The highest BCUT2D eigenvalue weighted by atomic mass is 15.0. The average Bonchev–Trinajstić information content (AvgIpc) is 3.60. The van der Waals surface area contributed by atoms with Crippen molar-refractivity contribution in [3.8, 4) is 50.7 Å². The van der Waals surface area contributed by atoms with Crippen molar-refractivity contribution in [2.24, 2.45) is 0 Å². The van der Waals surface area contributed by atoms with E-state index in [1.54, 1.807) is 0 Å². The van der Waals surface area contributed by atoms with E-state index in [1.165, 1.54) is 48.7 Å². The number of hydrogen-bond donors (Lipinski definition) is 0. The summed E-state index contributed by atoms with van der Waals surface area (Å²) >= 11 is 0. The zero-order chi connectivity index (χ0) is 36.3. The summed E-state index contributed by atoms with van der Waals surface area (Å²) < 4.78 is 2.37. The molecule has 2 heterocycles. The van der Waals surface area contributed by atoms with E-state index in [1.807, 2.05) is 18.2 Å². The molecule has 0 saturated carbocycles. The summed E-state index contributed by atoms with van der Waals surface area (Å²) in [5.74, 6) is 0.692. The van der Waals surface area contributed by atoms with Gasteiger partial charge in [0.2, 0.25) is 0 Å². The SMILES string of the molecule is c1ccc(-c2nc(-c3cccc(-c4c5ccccc5cc5c4ccc4ccccc45)c3)cc(-c3ccccc3-n3c4ccccc4c4ccccc43)n2)cc1. The van der Waals surface area contributed by atoms with Gasteiger partial charge in [-0.05, 0) is 79.8 Å². The fraction of sp³-hybridized carbons (Fsp3) is 0. The van der Waals surface area contributed by atoms with Crippen LogP contribution < -0.4 is 0 Å². The van der Waals surface area contributed by atoms with Gasteiger partial charge in [-0.25, -0.2) is 9.97 Å². The third-order valence-electron chi connectivity index (χ3n) is 11.0. The van der Waals surface area contributed by atoms with Gasteiger partial charge >= 0.3 is 0 Å². The molecule has 3 nitrogen and oxygen atoms in total. The first-order chi connectivity index (χ1) is 27.3. The lowest BCUT2D eigenvalue weighted by Crippen LogP contribution is -2.00. The van der Waals surface area contributed by atoms with Gasteiger partial charge in [0.15, 0.2) is 5.82 Å². The molecule has 0 radical (unpaired) electrons. The lowest BCUT2D eigenvalue weighted by atomic mass is 9.89. The molecule has 0 saturated heterocycles. The molecule has 0 unspecified atom stereocenters. The van der Waals surface area contributed by atoms with Gasteiger partial charge in [0.25, 0.3) is 0 Å². The first kappa shape index (κ1) is 31.2. The molecule has 256 valence electrons. The molecular weight excluding hydrogens is 667 g/mol. The largest absolute Gasteiger partial charge is 0.309 e. The number of hydrogen-bond acceptors (Lipinski definition) is 2. The van der Waals surface area contributed by atoms with Crippen LogP contribution in [-0.4, -0.2) is 14.5 Å². The molecular formula is C52H33N3. The van der Waals surface area contributed by atoms with Gasteiger partial charge in [0.1, 0.15) is 0 Å². The zero-order valence-electron chi connectivity index (χ0n) is 29.9. The Bertz CT molecular complexity index is 3210. The van der Waals surface area contributed by atoms with Crippen molar-refractivity contribution in [1.29, 1.82) is 0 Å². The Morgan fingerprint density at radius 2 is 0.927 bits per heavy atom. The van der Waals surface area contributed by atoms with Crippen molar-refractivity contribution in [2.45, 2.75) is 0 Å². The highest BCUT2D eigenvalue weighted by molar-refractivity contribution is 6.20. The Balaban J connectivity index is 1.14. The molecule has 0 aliphatic rings. The molecule has 0 aliphatic heterocycles. The Hall–Kier alpha value is -7.36. The number of benzene rings is 9. The minimum atomic E-state index is 0.692. The highest BCUT2D eigenvalue weighted by Crippen LogP contribution is 2.41. The van der Waals surface area contributed by atoms with Crippen LogP contribution in [0.2, 0.25) is 0 Å². The van der Waals surface area contributed by atoms with Crippen LogP contribution in [0.15, 0.2) is 200 Å². The van der Waals surface area contributed by atoms with Crippen LogP contribution in [0.25, 0.3) is 105 Å². The predicted molar refractivity (Wildman–Crippen MR) is 231 cm³/mol. The van der Waals surface area contributed by atoms with E-state index in [4.69, 9.17) is 9.97 Å². The van der Waals surface area contributed by atoms with Gasteiger partial charge in [0.05, 0.1) is 28.1 Å². The second-order valence-electron chi connectivity index (χ2n) is 14.2. The molecule has 0 bridgehead atoms. The number of nitrogens with zero attached hydrogens (tertiary/aromatic N) is 3. The predicted octanol–water partition coefficient (Wildman–Crippen LogP) is 13.7. The standard InChI is InChI=1S/C52H33N3/c1-2-16-35(17-3-1)52-53-46(33-47(54-52)44-25-10-13-28-50(44)55-48-26-11-8-23-41(48)42-24-9-12-27-49(42)55)37-19-14-20-38(31-37)51-40-22-7-5-18-36(40)32-45-39-21-6-4-15-34(39)29-30-43(45)51/h1-33H. The van der Waals surface area contributed by atoms with Crippen molar-refractivity contribution in [3.05, 3.63) is 200 Å². The van der Waals surface area contributed by atoms with Crippen LogP contribution >= 0.6 is 0 Å². The summed E-state index contributed by atoms with van der Waals surface area (Å²) in [5, 5.41) is 9.92. The van der Waals surface area contributed by atoms with Crippen molar-refractivity contribution in [1.82, 2.24) is 14.5 Å². The Kier molecular flexibility index (Phi) is 7.17. The third kappa shape index (κ3) is 5.13. The summed E-state index contributed by atoms with van der Waals surface area (Å²) in [6.07, 6.45) is 0. The Morgan fingerprint density at radius 1 is 0.327 bits per heavy atom. The van der Waals surface area contributed by atoms with Gasteiger partial charge in [-0.1, -0.05) is 164 Å². The number of aromatic nitrogens is 3. The van der Waals surface area contributed by atoms with Gasteiger partial charge in [0, 0.05) is 27.5 Å². The minimum absolute atomic E-state index is 0.692. The molecule has 0 fully saturated rings. The molecule has 9 aromatic carbocycles. The highest BCUT2D eigenvalue weighted by Gasteiger charge is 2.19. The molecule has 11 rings (SSSR count). The van der Waals surface area contributed by atoms with Crippen molar-refractivity contribution < 1.29 is 0 Å². The summed E-state index contributed by atoms with van der Waals surface area (Å²) in [5.41, 5.74) is 10.6. The van der Waals surface area contributed by atoms with E-state index in [-0.39, 0.29) is 0 Å². The smallest absolute Gasteiger partial charge is 0.160 e. The Morgan fingerprint density at radius 3 is 1.73 bits per heavy atom. The van der Waals surface area contributed by atoms with Gasteiger partial charge in [-0.2, -0.15) is 0 Å². The first-order valence-electron chi connectivity index (χ1n) is 18.7. The van der Waals surface area contributed by atoms with Crippen molar-refractivity contribution in [2.75, 3.05) is 0 Å². The quantitative estimate of drug-likeness (QED) is 0.132. The molecule has 2 aromatic heterocycles. The molecule has 0 spiro atoms. The van der Waals surface area contributed by atoms with Gasteiger partial charge in [-0.3, -0.25) is 0 Å². The third-order valence-corrected chi connectivity index (χ3v) is 11.0. The number of rotatable bonds is 5. The summed E-state index contributed by atoms with van der Waals surface area (Å²) in [6.45, 7) is 0. The monoisotopic (exact) mass is 699 g/mol. The van der Waals surface area contributed by atoms with E-state index in [9.17, 15) is 0 Å². The molecule has 0 N–H and O–H groups in total. The van der Waals surface area contributed by atoms with E-state index < -0.39 is 0 Å². The fourth-order valence-corrected chi connectivity index (χ4v) is 8.48. The van der Waals surface area contributed by atoms with Crippen molar-refractivity contribution >= 4 is 54.1 Å². The van der Waals surface area contributed by atoms with Crippen LogP contribution in [0, 0.1) is 0 Å². The zero-order valence-corrected chi connectivity index (χ0v) is 29.9. The van der Waals surface area contributed by atoms with Gasteiger partial charge in [-0.15, -0.1) is 0 Å². The second kappa shape index (κ2) is 12.6.